The summed E-state index contributed by atoms with van der Waals surface area (Å²) in [5, 5.41) is 0. The Bertz CT molecular complexity index is 607. The van der Waals surface area contributed by atoms with Gasteiger partial charge in [-0.15, -0.1) is 0 Å². The lowest BCUT2D eigenvalue weighted by atomic mass is 9.83. The molecule has 2 aromatic rings. The Balaban J connectivity index is 0.00000242. The Kier molecular flexibility index (Phi) is 4.52. The molecule has 21 heavy (non-hydrogen) atoms. The first kappa shape index (κ1) is 15.4. The van der Waals surface area contributed by atoms with Crippen molar-refractivity contribution in [2.45, 2.75) is 33.1 Å². The Morgan fingerprint density at radius 1 is 0.905 bits per heavy atom. The standard InChI is InChI=1S/C20H25N.H2/c1-15(2)13-14-20(3,4)18-9-5-16(6-10-18)17-7-11-19(21)12-8-17;/h5-15H,21H2,1-4H3;1H/b14-13+;. The molecule has 0 radical (unpaired) electrons. The molecule has 0 bridgehead atoms. The molecule has 0 aromatic heterocycles. The average Bonchev–Trinajstić information content (AvgIpc) is 2.46. The van der Waals surface area contributed by atoms with Crippen LogP contribution in [-0.4, -0.2) is 0 Å². The lowest BCUT2D eigenvalue weighted by Crippen LogP contribution is -2.13. The van der Waals surface area contributed by atoms with Gasteiger partial charge in [-0.25, -0.2) is 0 Å². The first-order valence-corrected chi connectivity index (χ1v) is 7.54. The van der Waals surface area contributed by atoms with E-state index in [-0.39, 0.29) is 6.84 Å². The van der Waals surface area contributed by atoms with E-state index >= 15 is 0 Å². The van der Waals surface area contributed by atoms with Crippen LogP contribution in [0.3, 0.4) is 0 Å². The zero-order valence-corrected chi connectivity index (χ0v) is 13.4. The van der Waals surface area contributed by atoms with E-state index in [1.54, 1.807) is 0 Å². The maximum atomic E-state index is 5.74. The molecule has 0 atom stereocenters. The molecular weight excluding hydrogens is 254 g/mol. The molecule has 2 N–H and O–H groups in total. The summed E-state index contributed by atoms with van der Waals surface area (Å²) < 4.78 is 0. The highest BCUT2D eigenvalue weighted by molar-refractivity contribution is 5.66. The van der Waals surface area contributed by atoms with E-state index < -0.39 is 0 Å². The van der Waals surface area contributed by atoms with E-state index in [2.05, 4.69) is 76.2 Å². The second-order valence-electron chi connectivity index (χ2n) is 6.52. The van der Waals surface area contributed by atoms with Gasteiger partial charge in [0.25, 0.3) is 0 Å². The topological polar surface area (TPSA) is 26.0 Å². The lowest BCUT2D eigenvalue weighted by molar-refractivity contribution is 0.658. The van der Waals surface area contributed by atoms with Gasteiger partial charge in [-0.3, -0.25) is 0 Å². The molecule has 112 valence electrons. The molecule has 1 nitrogen and oxygen atoms in total. The SMILES string of the molecule is CC(C)/C=C/C(C)(C)c1ccc(-c2ccc(N)cc2)cc1.[HH]. The van der Waals surface area contributed by atoms with Gasteiger partial charge in [0.1, 0.15) is 0 Å². The average molecular weight is 281 g/mol. The number of anilines is 1. The Morgan fingerprint density at radius 3 is 1.86 bits per heavy atom. The predicted molar refractivity (Wildman–Crippen MR) is 95.4 cm³/mol. The third kappa shape index (κ3) is 3.98. The van der Waals surface area contributed by atoms with E-state index in [9.17, 15) is 0 Å². The summed E-state index contributed by atoms with van der Waals surface area (Å²) in [4.78, 5) is 0. The summed E-state index contributed by atoms with van der Waals surface area (Å²) in [7, 11) is 0. The molecule has 0 saturated heterocycles. The molecule has 2 aromatic carbocycles. The van der Waals surface area contributed by atoms with Gasteiger partial charge >= 0.3 is 0 Å². The van der Waals surface area contributed by atoms with Gasteiger partial charge in [0.15, 0.2) is 0 Å². The molecule has 2 rings (SSSR count). The zero-order valence-electron chi connectivity index (χ0n) is 13.4. The number of nitrogen functional groups attached to an aromatic ring is 1. The molecule has 0 aliphatic heterocycles. The van der Waals surface area contributed by atoms with E-state index in [0.29, 0.717) is 5.92 Å². The number of nitrogens with two attached hydrogens (primary N) is 1. The quantitative estimate of drug-likeness (QED) is 0.567. The first-order chi connectivity index (χ1) is 9.88. The zero-order chi connectivity index (χ0) is 15.5. The maximum absolute atomic E-state index is 5.74. The van der Waals surface area contributed by atoms with Crippen molar-refractivity contribution in [2.24, 2.45) is 5.92 Å². The van der Waals surface area contributed by atoms with Gasteiger partial charge in [0.05, 0.1) is 0 Å². The van der Waals surface area contributed by atoms with Gasteiger partial charge in [-0.05, 0) is 34.7 Å². The minimum absolute atomic E-state index is 0. The van der Waals surface area contributed by atoms with Crippen molar-refractivity contribution in [1.82, 2.24) is 0 Å². The van der Waals surface area contributed by atoms with Crippen molar-refractivity contribution in [3.05, 3.63) is 66.2 Å². The van der Waals surface area contributed by atoms with E-state index in [0.717, 1.165) is 5.69 Å². The minimum atomic E-state index is 0. The van der Waals surface area contributed by atoms with Gasteiger partial charge in [-0.2, -0.15) is 0 Å². The van der Waals surface area contributed by atoms with Crippen LogP contribution in [0, 0.1) is 5.92 Å². The van der Waals surface area contributed by atoms with Crippen LogP contribution in [0.15, 0.2) is 60.7 Å². The molecule has 0 aliphatic rings. The second-order valence-corrected chi connectivity index (χ2v) is 6.52. The fraction of sp³-hybridized carbons (Fsp3) is 0.300. The molecule has 1 heteroatoms. The maximum Gasteiger partial charge on any atom is 0.0314 e. The van der Waals surface area contributed by atoms with Gasteiger partial charge in [-0.1, -0.05) is 76.2 Å². The smallest absolute Gasteiger partial charge is 0.0314 e. The Morgan fingerprint density at radius 2 is 1.38 bits per heavy atom. The first-order valence-electron chi connectivity index (χ1n) is 7.54. The van der Waals surface area contributed by atoms with Gasteiger partial charge in [0.2, 0.25) is 0 Å². The van der Waals surface area contributed by atoms with Crippen LogP contribution < -0.4 is 5.73 Å². The van der Waals surface area contributed by atoms with E-state index in [1.807, 2.05) is 12.1 Å². The Labute approximate surface area is 130 Å². The van der Waals surface area contributed by atoms with Crippen LogP contribution in [0.1, 0.15) is 34.7 Å². The molecule has 0 saturated carbocycles. The monoisotopic (exact) mass is 281 g/mol. The van der Waals surface area contributed by atoms with Crippen LogP contribution in [0.4, 0.5) is 5.69 Å². The van der Waals surface area contributed by atoms with Crippen molar-refractivity contribution in [3.8, 4) is 11.1 Å². The number of benzene rings is 2. The van der Waals surface area contributed by atoms with Crippen molar-refractivity contribution in [3.63, 3.8) is 0 Å². The second kappa shape index (κ2) is 6.17. The van der Waals surface area contributed by atoms with Crippen molar-refractivity contribution in [1.29, 1.82) is 0 Å². The lowest BCUT2D eigenvalue weighted by Gasteiger charge is -2.22. The fourth-order valence-electron chi connectivity index (χ4n) is 2.30. The molecule has 0 fully saturated rings. The third-order valence-corrected chi connectivity index (χ3v) is 3.77. The predicted octanol–water partition coefficient (Wildman–Crippen LogP) is 5.67. The summed E-state index contributed by atoms with van der Waals surface area (Å²) in [6.07, 6.45) is 4.57. The number of rotatable bonds is 4. The number of hydrogen-bond acceptors (Lipinski definition) is 1. The van der Waals surface area contributed by atoms with E-state index in [1.165, 1.54) is 16.7 Å². The van der Waals surface area contributed by atoms with Gasteiger partial charge < -0.3 is 5.73 Å². The van der Waals surface area contributed by atoms with Crippen LogP contribution in [-0.2, 0) is 5.41 Å². The van der Waals surface area contributed by atoms with Crippen molar-refractivity contribution >= 4 is 5.69 Å². The minimum Gasteiger partial charge on any atom is -0.399 e. The highest BCUT2D eigenvalue weighted by atomic mass is 14.5. The van der Waals surface area contributed by atoms with Crippen LogP contribution in [0.5, 0.6) is 0 Å². The summed E-state index contributed by atoms with van der Waals surface area (Å²) in [5.74, 6) is 0.582. The Hall–Kier alpha value is -2.02. The van der Waals surface area contributed by atoms with Crippen LogP contribution in [0.25, 0.3) is 11.1 Å². The summed E-state index contributed by atoms with van der Waals surface area (Å²) in [5.41, 5.74) is 10.4. The molecule has 0 heterocycles. The van der Waals surface area contributed by atoms with Crippen molar-refractivity contribution in [2.75, 3.05) is 5.73 Å². The molecule has 0 unspecified atom stereocenters. The fourth-order valence-corrected chi connectivity index (χ4v) is 2.30. The highest BCUT2D eigenvalue weighted by Crippen LogP contribution is 2.28. The molecular formula is C20H27N. The number of allylic oxidation sites excluding steroid dienone is 2. The van der Waals surface area contributed by atoms with Crippen LogP contribution >= 0.6 is 0 Å². The summed E-state index contributed by atoms with van der Waals surface area (Å²) in [6.45, 7) is 8.92. The molecule has 0 spiro atoms. The van der Waals surface area contributed by atoms with E-state index in [4.69, 9.17) is 5.73 Å². The van der Waals surface area contributed by atoms with Crippen molar-refractivity contribution < 1.29 is 1.43 Å². The van der Waals surface area contributed by atoms with Crippen LogP contribution in [0.2, 0.25) is 0 Å². The van der Waals surface area contributed by atoms with Gasteiger partial charge in [0, 0.05) is 12.5 Å². The number of hydrogen-bond donors (Lipinski definition) is 1. The third-order valence-electron chi connectivity index (χ3n) is 3.77. The molecule has 0 amide bonds. The normalized spacial score (nSPS) is 12.2. The highest BCUT2D eigenvalue weighted by Gasteiger charge is 2.16. The summed E-state index contributed by atoms with van der Waals surface area (Å²) >= 11 is 0. The largest absolute Gasteiger partial charge is 0.399 e. The molecule has 0 aliphatic carbocycles. The summed E-state index contributed by atoms with van der Waals surface area (Å²) in [6, 6.07) is 16.8.